The Labute approximate surface area is 89.8 Å². The lowest BCUT2D eigenvalue weighted by atomic mass is 10.1. The third-order valence-corrected chi connectivity index (χ3v) is 1.87. The molecule has 0 saturated carbocycles. The molecule has 0 aliphatic rings. The van der Waals surface area contributed by atoms with Crippen LogP contribution in [-0.4, -0.2) is 16.9 Å². The Morgan fingerprint density at radius 3 is 2.53 bits per heavy atom. The molecule has 1 rings (SSSR count). The van der Waals surface area contributed by atoms with Crippen molar-refractivity contribution in [1.29, 1.82) is 0 Å². The summed E-state index contributed by atoms with van der Waals surface area (Å²) in [5.74, 6) is -2.40. The Hall–Kier alpha value is -1.68. The number of benzene rings is 1. The van der Waals surface area contributed by atoms with E-state index in [0.29, 0.717) is 6.08 Å². The van der Waals surface area contributed by atoms with Crippen LogP contribution in [0.3, 0.4) is 0 Å². The Morgan fingerprint density at radius 1 is 1.33 bits per heavy atom. The van der Waals surface area contributed by atoms with Crippen molar-refractivity contribution < 1.29 is 19.1 Å². The average molecular weight is 229 g/mol. The topological polar surface area (TPSA) is 54.4 Å². The van der Waals surface area contributed by atoms with E-state index in [1.165, 1.54) is 6.07 Å². The maximum absolute atomic E-state index is 12.7. The van der Waals surface area contributed by atoms with Gasteiger partial charge in [0.1, 0.15) is 5.82 Å². The molecule has 0 amide bonds. The van der Waals surface area contributed by atoms with Gasteiger partial charge in [-0.3, -0.25) is 4.79 Å². The van der Waals surface area contributed by atoms with E-state index in [9.17, 15) is 14.0 Å². The zero-order chi connectivity index (χ0) is 11.4. The van der Waals surface area contributed by atoms with Crippen LogP contribution in [0.2, 0.25) is 5.02 Å². The second kappa shape index (κ2) is 4.70. The molecular formula is C10H6ClFO3. The van der Waals surface area contributed by atoms with E-state index < -0.39 is 17.6 Å². The number of carbonyl (C=O) groups excluding carboxylic acids is 1. The van der Waals surface area contributed by atoms with Gasteiger partial charge >= 0.3 is 5.97 Å². The highest BCUT2D eigenvalue weighted by atomic mass is 35.5. The van der Waals surface area contributed by atoms with Crippen LogP contribution in [0, 0.1) is 5.82 Å². The van der Waals surface area contributed by atoms with Gasteiger partial charge in [-0.25, -0.2) is 9.18 Å². The SMILES string of the molecule is O=C(O)/C=C/C(=O)c1ccc(F)c(Cl)c1. The molecule has 0 fully saturated rings. The van der Waals surface area contributed by atoms with Crippen LogP contribution in [-0.2, 0) is 4.79 Å². The van der Waals surface area contributed by atoms with Gasteiger partial charge in [-0.15, -0.1) is 0 Å². The van der Waals surface area contributed by atoms with Crippen molar-refractivity contribution in [3.63, 3.8) is 0 Å². The van der Waals surface area contributed by atoms with E-state index in [1.807, 2.05) is 0 Å². The average Bonchev–Trinajstić information content (AvgIpc) is 2.18. The summed E-state index contributed by atoms with van der Waals surface area (Å²) in [5.41, 5.74) is 0.138. The molecule has 0 aromatic heterocycles. The standard InChI is InChI=1S/C10H6ClFO3/c11-7-5-6(1-2-8(7)12)9(13)3-4-10(14)15/h1-5H,(H,14,15)/b4-3+. The van der Waals surface area contributed by atoms with Crippen LogP contribution < -0.4 is 0 Å². The molecule has 0 heterocycles. The minimum absolute atomic E-state index is 0.138. The monoisotopic (exact) mass is 228 g/mol. The van der Waals surface area contributed by atoms with Crippen molar-refractivity contribution in [2.45, 2.75) is 0 Å². The molecule has 0 aliphatic carbocycles. The van der Waals surface area contributed by atoms with Crippen LogP contribution >= 0.6 is 11.6 Å². The molecule has 0 radical (unpaired) electrons. The van der Waals surface area contributed by atoms with Gasteiger partial charge in [0.15, 0.2) is 5.78 Å². The van der Waals surface area contributed by atoms with Gasteiger partial charge in [0, 0.05) is 11.6 Å². The maximum atomic E-state index is 12.7. The summed E-state index contributed by atoms with van der Waals surface area (Å²) < 4.78 is 12.7. The first kappa shape index (κ1) is 11.4. The molecule has 0 saturated heterocycles. The number of ketones is 1. The second-order valence-corrected chi connectivity index (χ2v) is 3.07. The van der Waals surface area contributed by atoms with E-state index in [2.05, 4.69) is 0 Å². The van der Waals surface area contributed by atoms with Crippen molar-refractivity contribution in [2.75, 3.05) is 0 Å². The van der Waals surface area contributed by atoms with Crippen molar-refractivity contribution >= 4 is 23.4 Å². The Bertz CT molecular complexity index is 440. The second-order valence-electron chi connectivity index (χ2n) is 2.66. The van der Waals surface area contributed by atoms with Gasteiger partial charge < -0.3 is 5.11 Å². The van der Waals surface area contributed by atoms with E-state index >= 15 is 0 Å². The van der Waals surface area contributed by atoms with Crippen molar-refractivity contribution in [1.82, 2.24) is 0 Å². The number of carboxylic acid groups (broad SMARTS) is 1. The number of rotatable bonds is 3. The Balaban J connectivity index is 2.92. The summed E-state index contributed by atoms with van der Waals surface area (Å²) in [4.78, 5) is 21.4. The fourth-order valence-corrected chi connectivity index (χ4v) is 1.07. The van der Waals surface area contributed by atoms with Gasteiger partial charge in [0.2, 0.25) is 0 Å². The predicted octanol–water partition coefficient (Wildman–Crippen LogP) is 2.30. The first-order valence-corrected chi connectivity index (χ1v) is 4.29. The number of carboxylic acids is 1. The third kappa shape index (κ3) is 3.18. The lowest BCUT2D eigenvalue weighted by Gasteiger charge is -1.97. The Morgan fingerprint density at radius 2 is 2.00 bits per heavy atom. The van der Waals surface area contributed by atoms with Gasteiger partial charge in [0.05, 0.1) is 5.02 Å². The van der Waals surface area contributed by atoms with Crippen LogP contribution in [0.25, 0.3) is 0 Å². The van der Waals surface area contributed by atoms with Crippen LogP contribution in [0.4, 0.5) is 4.39 Å². The minimum atomic E-state index is -1.23. The highest BCUT2D eigenvalue weighted by molar-refractivity contribution is 6.31. The summed E-state index contributed by atoms with van der Waals surface area (Å²) in [6, 6.07) is 3.42. The lowest BCUT2D eigenvalue weighted by molar-refractivity contribution is -0.131. The largest absolute Gasteiger partial charge is 0.478 e. The zero-order valence-corrected chi connectivity index (χ0v) is 8.16. The lowest BCUT2D eigenvalue weighted by Crippen LogP contribution is -1.97. The summed E-state index contributed by atoms with van der Waals surface area (Å²) in [7, 11) is 0. The molecule has 5 heteroatoms. The Kier molecular flexibility index (Phi) is 3.57. The van der Waals surface area contributed by atoms with E-state index in [1.54, 1.807) is 0 Å². The van der Waals surface area contributed by atoms with E-state index in [0.717, 1.165) is 18.2 Å². The molecule has 0 bridgehead atoms. The van der Waals surface area contributed by atoms with Crippen molar-refractivity contribution in [3.05, 3.63) is 46.8 Å². The molecule has 15 heavy (non-hydrogen) atoms. The van der Waals surface area contributed by atoms with Crippen LogP contribution in [0.5, 0.6) is 0 Å². The van der Waals surface area contributed by atoms with Crippen LogP contribution in [0.15, 0.2) is 30.4 Å². The number of aliphatic carboxylic acids is 1. The quantitative estimate of drug-likeness (QED) is 0.638. The molecule has 78 valence electrons. The normalized spacial score (nSPS) is 10.5. The van der Waals surface area contributed by atoms with E-state index in [-0.39, 0.29) is 10.6 Å². The number of halogens is 2. The summed E-state index contributed by atoms with van der Waals surface area (Å²) in [6.07, 6.45) is 1.59. The summed E-state index contributed by atoms with van der Waals surface area (Å²) in [5, 5.41) is 8.11. The molecule has 1 N–H and O–H groups in total. The summed E-state index contributed by atoms with van der Waals surface area (Å²) in [6.45, 7) is 0. The molecule has 0 atom stereocenters. The van der Waals surface area contributed by atoms with Crippen molar-refractivity contribution in [2.24, 2.45) is 0 Å². The molecule has 0 unspecified atom stereocenters. The van der Waals surface area contributed by atoms with Gasteiger partial charge in [-0.05, 0) is 24.3 Å². The fourth-order valence-electron chi connectivity index (χ4n) is 0.893. The highest BCUT2D eigenvalue weighted by Crippen LogP contribution is 2.16. The minimum Gasteiger partial charge on any atom is -0.478 e. The molecule has 0 aliphatic heterocycles. The molecule has 0 spiro atoms. The van der Waals surface area contributed by atoms with Crippen LogP contribution in [0.1, 0.15) is 10.4 Å². The number of allylic oxidation sites excluding steroid dienone is 1. The van der Waals surface area contributed by atoms with Gasteiger partial charge in [-0.2, -0.15) is 0 Å². The van der Waals surface area contributed by atoms with Gasteiger partial charge in [-0.1, -0.05) is 11.6 Å². The highest BCUT2D eigenvalue weighted by Gasteiger charge is 2.06. The first-order valence-electron chi connectivity index (χ1n) is 3.91. The summed E-state index contributed by atoms with van der Waals surface area (Å²) >= 11 is 5.45. The smallest absolute Gasteiger partial charge is 0.328 e. The molecule has 1 aromatic carbocycles. The molecule has 3 nitrogen and oxygen atoms in total. The zero-order valence-electron chi connectivity index (χ0n) is 7.41. The third-order valence-electron chi connectivity index (χ3n) is 1.58. The molecule has 1 aromatic rings. The predicted molar refractivity (Wildman–Crippen MR) is 52.5 cm³/mol. The molecular weight excluding hydrogens is 223 g/mol. The number of carbonyl (C=O) groups is 2. The fraction of sp³-hybridized carbons (Fsp3) is 0. The maximum Gasteiger partial charge on any atom is 0.328 e. The number of hydrogen-bond acceptors (Lipinski definition) is 2. The van der Waals surface area contributed by atoms with Gasteiger partial charge in [0.25, 0.3) is 0 Å². The first-order chi connectivity index (χ1) is 7.00. The van der Waals surface area contributed by atoms with E-state index in [4.69, 9.17) is 16.7 Å². The number of hydrogen-bond donors (Lipinski definition) is 1. The van der Waals surface area contributed by atoms with Crippen molar-refractivity contribution in [3.8, 4) is 0 Å².